The highest BCUT2D eigenvalue weighted by Gasteiger charge is 2.25. The number of carbonyl (C=O) groups is 1. The van der Waals surface area contributed by atoms with Crippen LogP contribution in [0.5, 0.6) is 11.5 Å². The number of nitrogens with zero attached hydrogens (tertiary/aromatic N) is 1. The number of hydrogen-bond acceptors (Lipinski definition) is 4. The Bertz CT molecular complexity index is 614. The lowest BCUT2D eigenvalue weighted by atomic mass is 10.1. The zero-order valence-corrected chi connectivity index (χ0v) is 19.4. The summed E-state index contributed by atoms with van der Waals surface area (Å²) in [5, 5.41) is 2.86. The van der Waals surface area contributed by atoms with Gasteiger partial charge in [0.15, 0.2) is 0 Å². The van der Waals surface area contributed by atoms with Crippen LogP contribution in [0.2, 0.25) is 0 Å². The molecule has 1 aromatic rings. The summed E-state index contributed by atoms with van der Waals surface area (Å²) < 4.78 is 11.6. The van der Waals surface area contributed by atoms with Gasteiger partial charge in [0, 0.05) is 25.1 Å². The third-order valence-electron chi connectivity index (χ3n) is 5.57. The molecule has 1 aromatic carbocycles. The van der Waals surface area contributed by atoms with Gasteiger partial charge in [-0.3, -0.25) is 4.90 Å². The summed E-state index contributed by atoms with van der Waals surface area (Å²) in [6.07, 6.45) is 11.6. The summed E-state index contributed by atoms with van der Waals surface area (Å²) in [6.45, 7) is 10.5. The summed E-state index contributed by atoms with van der Waals surface area (Å²) in [5.74, 6) is 1.51. The van der Waals surface area contributed by atoms with Crippen LogP contribution < -0.4 is 14.8 Å². The molecule has 1 atom stereocenters. The van der Waals surface area contributed by atoms with E-state index in [0.717, 1.165) is 63.1 Å². The van der Waals surface area contributed by atoms with Crippen molar-refractivity contribution in [2.45, 2.75) is 91.1 Å². The van der Waals surface area contributed by atoms with Crippen LogP contribution in [-0.4, -0.2) is 43.3 Å². The predicted molar refractivity (Wildman–Crippen MR) is 124 cm³/mol. The first-order chi connectivity index (χ1) is 14.7. The van der Waals surface area contributed by atoms with Crippen LogP contribution in [0.3, 0.4) is 0 Å². The molecule has 0 radical (unpaired) electrons. The fraction of sp³-hybridized carbons (Fsp3) is 0.720. The van der Waals surface area contributed by atoms with Gasteiger partial charge in [-0.1, -0.05) is 59.3 Å². The van der Waals surface area contributed by atoms with Crippen molar-refractivity contribution in [3.63, 3.8) is 0 Å². The first-order valence-electron chi connectivity index (χ1n) is 12.1. The van der Waals surface area contributed by atoms with Gasteiger partial charge in [-0.25, -0.2) is 4.79 Å². The molecule has 170 valence electrons. The SMILES string of the molecule is CCCCCCCCCNC(=O)Oc1ccc2c(c1)CC(CN(CCC)CCC)O2. The summed E-state index contributed by atoms with van der Waals surface area (Å²) in [5.41, 5.74) is 1.13. The number of unbranched alkanes of at least 4 members (excludes halogenated alkanes) is 6. The van der Waals surface area contributed by atoms with E-state index in [4.69, 9.17) is 9.47 Å². The maximum absolute atomic E-state index is 12.1. The summed E-state index contributed by atoms with van der Waals surface area (Å²) in [4.78, 5) is 14.5. The average molecular weight is 419 g/mol. The van der Waals surface area contributed by atoms with Crippen LogP contribution in [-0.2, 0) is 6.42 Å². The molecule has 1 N–H and O–H groups in total. The predicted octanol–water partition coefficient (Wildman–Crippen LogP) is 5.95. The van der Waals surface area contributed by atoms with Gasteiger partial charge in [-0.2, -0.15) is 0 Å². The molecule has 30 heavy (non-hydrogen) atoms. The van der Waals surface area contributed by atoms with Crippen molar-refractivity contribution in [2.75, 3.05) is 26.2 Å². The molecule has 1 aliphatic heterocycles. The minimum atomic E-state index is -0.367. The molecule has 0 aliphatic carbocycles. The lowest BCUT2D eigenvalue weighted by Crippen LogP contribution is -2.35. The molecule has 5 nitrogen and oxygen atoms in total. The van der Waals surface area contributed by atoms with Crippen molar-refractivity contribution in [3.8, 4) is 11.5 Å². The van der Waals surface area contributed by atoms with Gasteiger partial charge in [0.25, 0.3) is 0 Å². The third-order valence-corrected chi connectivity index (χ3v) is 5.57. The molecular formula is C25H42N2O3. The van der Waals surface area contributed by atoms with Gasteiger partial charge >= 0.3 is 6.09 Å². The van der Waals surface area contributed by atoms with E-state index in [1.165, 1.54) is 32.1 Å². The second-order valence-corrected chi connectivity index (χ2v) is 8.45. The Hall–Kier alpha value is -1.75. The molecule has 0 fully saturated rings. The van der Waals surface area contributed by atoms with Crippen molar-refractivity contribution >= 4 is 6.09 Å². The van der Waals surface area contributed by atoms with Gasteiger partial charge in [-0.15, -0.1) is 0 Å². The maximum atomic E-state index is 12.1. The van der Waals surface area contributed by atoms with E-state index in [9.17, 15) is 4.79 Å². The van der Waals surface area contributed by atoms with Crippen LogP contribution in [0.25, 0.3) is 0 Å². The molecule has 1 heterocycles. The monoisotopic (exact) mass is 418 g/mol. The molecule has 5 heteroatoms. The lowest BCUT2D eigenvalue weighted by molar-refractivity contribution is 0.150. The first kappa shape index (κ1) is 24.5. The third kappa shape index (κ3) is 8.95. The maximum Gasteiger partial charge on any atom is 0.412 e. The Morgan fingerprint density at radius 3 is 2.43 bits per heavy atom. The zero-order chi connectivity index (χ0) is 21.6. The van der Waals surface area contributed by atoms with Gasteiger partial charge in [0.2, 0.25) is 0 Å². The molecule has 2 rings (SSSR count). The van der Waals surface area contributed by atoms with Crippen molar-refractivity contribution in [2.24, 2.45) is 0 Å². The Balaban J connectivity index is 1.69. The second kappa shape index (κ2) is 14.3. The molecular weight excluding hydrogens is 376 g/mol. The van der Waals surface area contributed by atoms with E-state index in [-0.39, 0.29) is 12.2 Å². The highest BCUT2D eigenvalue weighted by molar-refractivity contribution is 5.70. The van der Waals surface area contributed by atoms with Gasteiger partial charge < -0.3 is 14.8 Å². The average Bonchev–Trinajstić information content (AvgIpc) is 3.12. The molecule has 1 unspecified atom stereocenters. The zero-order valence-electron chi connectivity index (χ0n) is 19.4. The minimum Gasteiger partial charge on any atom is -0.488 e. The van der Waals surface area contributed by atoms with Gasteiger partial charge in [-0.05, 0) is 50.6 Å². The van der Waals surface area contributed by atoms with Crippen molar-refractivity contribution < 1.29 is 14.3 Å². The van der Waals surface area contributed by atoms with E-state index in [1.54, 1.807) is 0 Å². The number of amides is 1. The highest BCUT2D eigenvalue weighted by atomic mass is 16.6. The largest absolute Gasteiger partial charge is 0.488 e. The quantitative estimate of drug-likeness (QED) is 0.358. The van der Waals surface area contributed by atoms with E-state index >= 15 is 0 Å². The number of rotatable bonds is 15. The Kier molecular flexibility index (Phi) is 11.7. The molecule has 0 aromatic heterocycles. The Morgan fingerprint density at radius 2 is 1.73 bits per heavy atom. The van der Waals surface area contributed by atoms with Crippen LogP contribution >= 0.6 is 0 Å². The number of benzene rings is 1. The Morgan fingerprint density at radius 1 is 1.03 bits per heavy atom. The number of fused-ring (bicyclic) bond motifs is 1. The van der Waals surface area contributed by atoms with E-state index in [0.29, 0.717) is 12.3 Å². The Labute approximate surface area is 183 Å². The van der Waals surface area contributed by atoms with Gasteiger partial charge in [0.05, 0.1) is 0 Å². The van der Waals surface area contributed by atoms with E-state index in [2.05, 4.69) is 31.0 Å². The van der Waals surface area contributed by atoms with E-state index < -0.39 is 0 Å². The van der Waals surface area contributed by atoms with E-state index in [1.807, 2.05) is 18.2 Å². The molecule has 0 saturated heterocycles. The number of nitrogens with one attached hydrogen (secondary N) is 1. The number of ether oxygens (including phenoxy) is 2. The van der Waals surface area contributed by atoms with Crippen molar-refractivity contribution in [3.05, 3.63) is 23.8 Å². The summed E-state index contributed by atoms with van der Waals surface area (Å²) in [7, 11) is 0. The smallest absolute Gasteiger partial charge is 0.412 e. The number of carbonyl (C=O) groups excluding carboxylic acids is 1. The summed E-state index contributed by atoms with van der Waals surface area (Å²) >= 11 is 0. The molecule has 1 amide bonds. The normalized spacial score (nSPS) is 15.1. The first-order valence-corrected chi connectivity index (χ1v) is 12.1. The number of hydrogen-bond donors (Lipinski definition) is 1. The highest BCUT2D eigenvalue weighted by Crippen LogP contribution is 2.32. The summed E-state index contributed by atoms with van der Waals surface area (Å²) in [6, 6.07) is 5.70. The molecule has 1 aliphatic rings. The van der Waals surface area contributed by atoms with Crippen molar-refractivity contribution in [1.82, 2.24) is 10.2 Å². The van der Waals surface area contributed by atoms with Crippen LogP contribution in [0.4, 0.5) is 4.79 Å². The minimum absolute atomic E-state index is 0.180. The molecule has 0 bridgehead atoms. The standard InChI is InChI=1S/C25H42N2O3/c1-4-7-8-9-10-11-12-15-26-25(28)30-22-13-14-24-21(18-22)19-23(29-24)20-27(16-5-2)17-6-3/h13-14,18,23H,4-12,15-17,19-20H2,1-3H3,(H,26,28). The molecule has 0 saturated carbocycles. The van der Waals surface area contributed by atoms with Crippen molar-refractivity contribution in [1.29, 1.82) is 0 Å². The van der Waals surface area contributed by atoms with Gasteiger partial charge in [0.1, 0.15) is 17.6 Å². The second-order valence-electron chi connectivity index (χ2n) is 8.45. The topological polar surface area (TPSA) is 50.8 Å². The lowest BCUT2D eigenvalue weighted by Gasteiger charge is -2.24. The molecule has 0 spiro atoms. The van der Waals surface area contributed by atoms with Crippen LogP contribution in [0.15, 0.2) is 18.2 Å². The van der Waals surface area contributed by atoms with Crippen LogP contribution in [0, 0.1) is 0 Å². The fourth-order valence-corrected chi connectivity index (χ4v) is 4.09. The fourth-order valence-electron chi connectivity index (χ4n) is 4.09. The van der Waals surface area contributed by atoms with Crippen LogP contribution in [0.1, 0.15) is 84.1 Å².